The van der Waals surface area contributed by atoms with Gasteiger partial charge in [0.2, 0.25) is 0 Å². The molecule has 2 aromatic rings. The minimum Gasteiger partial charge on any atom is -0.454 e. The number of furan rings is 1. The van der Waals surface area contributed by atoms with Gasteiger partial charge in [-0.25, -0.2) is 4.98 Å². The molecule has 24 heavy (non-hydrogen) atoms. The quantitative estimate of drug-likeness (QED) is 0.864. The molecule has 1 aliphatic heterocycles. The van der Waals surface area contributed by atoms with E-state index in [0.717, 1.165) is 31.0 Å². The van der Waals surface area contributed by atoms with Crippen molar-refractivity contribution in [3.63, 3.8) is 0 Å². The Balaban J connectivity index is 1.75. The van der Waals surface area contributed by atoms with E-state index in [1.54, 1.807) is 20.2 Å². The van der Waals surface area contributed by atoms with Gasteiger partial charge in [0.15, 0.2) is 5.76 Å². The SMILES string of the molecule is CN(C)C(=O)c1ccc(Cn2ccnc2[C@H]2CCOC(C)(C)C2)o1. The molecule has 1 saturated heterocycles. The summed E-state index contributed by atoms with van der Waals surface area (Å²) in [5, 5.41) is 0. The third-order valence-corrected chi connectivity index (χ3v) is 4.41. The Bertz CT molecular complexity index is 715. The summed E-state index contributed by atoms with van der Waals surface area (Å²) in [6, 6.07) is 3.58. The second kappa shape index (κ2) is 6.43. The number of carbonyl (C=O) groups excluding carboxylic acids is 1. The zero-order chi connectivity index (χ0) is 17.3. The second-order valence-electron chi connectivity index (χ2n) is 7.18. The van der Waals surface area contributed by atoms with Crippen molar-refractivity contribution in [1.29, 1.82) is 0 Å². The number of nitrogens with zero attached hydrogens (tertiary/aromatic N) is 3. The fourth-order valence-corrected chi connectivity index (χ4v) is 3.23. The van der Waals surface area contributed by atoms with Crippen LogP contribution in [0.25, 0.3) is 0 Å². The number of hydrogen-bond acceptors (Lipinski definition) is 4. The van der Waals surface area contributed by atoms with Crippen molar-refractivity contribution in [1.82, 2.24) is 14.5 Å². The van der Waals surface area contributed by atoms with E-state index in [4.69, 9.17) is 9.15 Å². The number of rotatable bonds is 4. The van der Waals surface area contributed by atoms with Crippen LogP contribution in [0.15, 0.2) is 28.9 Å². The highest BCUT2D eigenvalue weighted by molar-refractivity contribution is 5.91. The van der Waals surface area contributed by atoms with E-state index in [0.29, 0.717) is 18.2 Å². The predicted octanol–water partition coefficient (Wildman–Crippen LogP) is 2.90. The molecular weight excluding hydrogens is 306 g/mol. The van der Waals surface area contributed by atoms with Gasteiger partial charge in [-0.15, -0.1) is 0 Å². The minimum absolute atomic E-state index is 0.115. The van der Waals surface area contributed by atoms with E-state index < -0.39 is 0 Å². The molecule has 0 saturated carbocycles. The van der Waals surface area contributed by atoms with Crippen LogP contribution in [0.5, 0.6) is 0 Å². The van der Waals surface area contributed by atoms with Crippen molar-refractivity contribution in [3.8, 4) is 0 Å². The van der Waals surface area contributed by atoms with Gasteiger partial charge in [0, 0.05) is 39.0 Å². The Labute approximate surface area is 142 Å². The molecule has 0 aliphatic carbocycles. The zero-order valence-corrected chi connectivity index (χ0v) is 14.8. The first kappa shape index (κ1) is 16.8. The standard InChI is InChI=1S/C18H25N3O3/c1-18(2)11-13(7-10-23-18)16-19-8-9-21(16)12-14-5-6-15(24-14)17(22)20(3)4/h5-6,8-9,13H,7,10-12H2,1-4H3/t13-/m0/s1. The Morgan fingerprint density at radius 2 is 2.21 bits per heavy atom. The molecule has 3 heterocycles. The molecule has 0 N–H and O–H groups in total. The van der Waals surface area contributed by atoms with Gasteiger partial charge in [0.25, 0.3) is 5.91 Å². The molecule has 0 radical (unpaired) electrons. The average molecular weight is 331 g/mol. The van der Waals surface area contributed by atoms with Gasteiger partial charge in [-0.05, 0) is 38.8 Å². The summed E-state index contributed by atoms with van der Waals surface area (Å²) in [5.41, 5.74) is -0.115. The summed E-state index contributed by atoms with van der Waals surface area (Å²) in [7, 11) is 3.43. The fraction of sp³-hybridized carbons (Fsp3) is 0.556. The highest BCUT2D eigenvalue weighted by Crippen LogP contribution is 2.35. The molecule has 0 aromatic carbocycles. The molecular formula is C18H25N3O3. The van der Waals surface area contributed by atoms with Crippen molar-refractivity contribution in [2.45, 2.75) is 44.8 Å². The fourth-order valence-electron chi connectivity index (χ4n) is 3.23. The molecule has 1 aliphatic rings. The third kappa shape index (κ3) is 3.53. The predicted molar refractivity (Wildman–Crippen MR) is 90.1 cm³/mol. The van der Waals surface area contributed by atoms with E-state index in [2.05, 4.69) is 23.4 Å². The van der Waals surface area contributed by atoms with Crippen LogP contribution in [-0.4, -0.2) is 46.7 Å². The molecule has 2 aromatic heterocycles. The first-order valence-corrected chi connectivity index (χ1v) is 8.31. The lowest BCUT2D eigenvalue weighted by molar-refractivity contribution is -0.0606. The molecule has 3 rings (SSSR count). The summed E-state index contributed by atoms with van der Waals surface area (Å²) in [6.45, 7) is 5.58. The van der Waals surface area contributed by atoms with Gasteiger partial charge in [-0.3, -0.25) is 4.79 Å². The van der Waals surface area contributed by atoms with Crippen molar-refractivity contribution in [3.05, 3.63) is 41.9 Å². The van der Waals surface area contributed by atoms with E-state index >= 15 is 0 Å². The smallest absolute Gasteiger partial charge is 0.289 e. The zero-order valence-electron chi connectivity index (χ0n) is 14.8. The highest BCUT2D eigenvalue weighted by Gasteiger charge is 2.32. The summed E-state index contributed by atoms with van der Waals surface area (Å²) in [4.78, 5) is 18.0. The monoisotopic (exact) mass is 331 g/mol. The van der Waals surface area contributed by atoms with Gasteiger partial charge < -0.3 is 18.6 Å². The number of imidazole rings is 1. The number of aromatic nitrogens is 2. The van der Waals surface area contributed by atoms with Crippen molar-refractivity contribution >= 4 is 5.91 Å². The Hall–Kier alpha value is -2.08. The summed E-state index contributed by atoms with van der Waals surface area (Å²) in [5.74, 6) is 2.43. The molecule has 0 spiro atoms. The maximum atomic E-state index is 11.9. The first-order chi connectivity index (χ1) is 11.4. The highest BCUT2D eigenvalue weighted by atomic mass is 16.5. The molecule has 0 unspecified atom stereocenters. The normalized spacial score (nSPS) is 20.1. The van der Waals surface area contributed by atoms with Crippen LogP contribution in [0.4, 0.5) is 0 Å². The van der Waals surface area contributed by atoms with Crippen LogP contribution in [-0.2, 0) is 11.3 Å². The average Bonchev–Trinajstić information content (AvgIpc) is 3.15. The van der Waals surface area contributed by atoms with E-state index in [1.165, 1.54) is 4.90 Å². The molecule has 6 heteroatoms. The van der Waals surface area contributed by atoms with Gasteiger partial charge >= 0.3 is 0 Å². The molecule has 1 fully saturated rings. The maximum absolute atomic E-state index is 11.9. The van der Waals surface area contributed by atoms with Crippen LogP contribution < -0.4 is 0 Å². The van der Waals surface area contributed by atoms with Gasteiger partial charge in [-0.1, -0.05) is 0 Å². The van der Waals surface area contributed by atoms with Crippen LogP contribution in [0.1, 0.15) is 54.7 Å². The lowest BCUT2D eigenvalue weighted by Gasteiger charge is -2.35. The van der Waals surface area contributed by atoms with E-state index in [1.807, 2.05) is 18.5 Å². The molecule has 0 bridgehead atoms. The topological polar surface area (TPSA) is 60.5 Å². The second-order valence-corrected chi connectivity index (χ2v) is 7.18. The maximum Gasteiger partial charge on any atom is 0.289 e. The lowest BCUT2D eigenvalue weighted by atomic mass is 9.88. The Morgan fingerprint density at radius 3 is 2.92 bits per heavy atom. The van der Waals surface area contributed by atoms with Crippen LogP contribution in [0, 0.1) is 0 Å². The largest absolute Gasteiger partial charge is 0.454 e. The number of amides is 1. The lowest BCUT2D eigenvalue weighted by Crippen LogP contribution is -2.34. The number of ether oxygens (including phenoxy) is 1. The van der Waals surface area contributed by atoms with Crippen LogP contribution in [0.3, 0.4) is 0 Å². The van der Waals surface area contributed by atoms with Gasteiger partial charge in [-0.2, -0.15) is 0 Å². The summed E-state index contributed by atoms with van der Waals surface area (Å²) in [6.07, 6.45) is 5.72. The Morgan fingerprint density at radius 1 is 1.42 bits per heavy atom. The van der Waals surface area contributed by atoms with Crippen molar-refractivity contribution in [2.24, 2.45) is 0 Å². The number of carbonyl (C=O) groups is 1. The molecule has 6 nitrogen and oxygen atoms in total. The Kier molecular flexibility index (Phi) is 4.49. The first-order valence-electron chi connectivity index (χ1n) is 8.31. The van der Waals surface area contributed by atoms with E-state index in [9.17, 15) is 4.79 Å². The van der Waals surface area contributed by atoms with Crippen LogP contribution >= 0.6 is 0 Å². The van der Waals surface area contributed by atoms with E-state index in [-0.39, 0.29) is 11.5 Å². The summed E-state index contributed by atoms with van der Waals surface area (Å²) < 4.78 is 13.6. The number of hydrogen-bond donors (Lipinski definition) is 0. The van der Waals surface area contributed by atoms with Crippen LogP contribution in [0.2, 0.25) is 0 Å². The molecule has 130 valence electrons. The molecule has 1 atom stereocenters. The van der Waals surface area contributed by atoms with Crippen molar-refractivity contribution in [2.75, 3.05) is 20.7 Å². The summed E-state index contributed by atoms with van der Waals surface area (Å²) >= 11 is 0. The minimum atomic E-state index is -0.127. The van der Waals surface area contributed by atoms with Gasteiger partial charge in [0.1, 0.15) is 11.6 Å². The van der Waals surface area contributed by atoms with Crippen molar-refractivity contribution < 1.29 is 13.9 Å². The van der Waals surface area contributed by atoms with Gasteiger partial charge in [0.05, 0.1) is 12.1 Å². The third-order valence-electron chi connectivity index (χ3n) is 4.41. The molecule has 1 amide bonds.